The van der Waals surface area contributed by atoms with Crippen LogP contribution in [0, 0.1) is 5.41 Å². The van der Waals surface area contributed by atoms with Crippen LogP contribution in [-0.2, 0) is 6.18 Å². The normalized spacial score (nSPS) is 19.4. The Hall–Kier alpha value is -0.710. The fourth-order valence-corrected chi connectivity index (χ4v) is 2.38. The Balaban J connectivity index is 2.20. The highest BCUT2D eigenvalue weighted by Crippen LogP contribution is 2.49. The molecule has 1 aliphatic carbocycles. The molecule has 1 atom stereocenters. The lowest BCUT2D eigenvalue weighted by Crippen LogP contribution is -2.25. The molecule has 0 amide bonds. The predicted octanol–water partition coefficient (Wildman–Crippen LogP) is 5.07. The second-order valence-electron chi connectivity index (χ2n) is 5.25. The van der Waals surface area contributed by atoms with Crippen molar-refractivity contribution in [1.82, 2.24) is 0 Å². The molecule has 1 aliphatic rings. The molecule has 1 unspecified atom stereocenters. The number of alkyl halides is 3. The van der Waals surface area contributed by atoms with Gasteiger partial charge in [-0.05, 0) is 43.4 Å². The van der Waals surface area contributed by atoms with Crippen molar-refractivity contribution in [2.75, 3.05) is 5.32 Å². The van der Waals surface area contributed by atoms with Gasteiger partial charge >= 0.3 is 6.18 Å². The number of hydrogen-bond donors (Lipinski definition) is 1. The molecule has 0 heterocycles. The van der Waals surface area contributed by atoms with Crippen LogP contribution in [0.15, 0.2) is 22.7 Å². The molecule has 0 bridgehead atoms. The summed E-state index contributed by atoms with van der Waals surface area (Å²) >= 11 is 3.12. The van der Waals surface area contributed by atoms with Crippen LogP contribution >= 0.6 is 15.9 Å². The van der Waals surface area contributed by atoms with Gasteiger partial charge in [0.1, 0.15) is 0 Å². The SMILES string of the molecule is CC(Nc1cc(Br)cc(C(F)(F)F)c1)C1(C)CC1. The van der Waals surface area contributed by atoms with Crippen LogP contribution in [0.5, 0.6) is 0 Å². The standard InChI is InChI=1S/C13H15BrF3N/c1-8(12(2)3-4-12)18-11-6-9(13(15,16)17)5-10(14)7-11/h5-8,18H,3-4H2,1-2H3. The minimum Gasteiger partial charge on any atom is -0.382 e. The Bertz CT molecular complexity index is 452. The van der Waals surface area contributed by atoms with Crippen LogP contribution in [0.2, 0.25) is 0 Å². The highest BCUT2D eigenvalue weighted by atomic mass is 79.9. The third kappa shape index (κ3) is 2.99. The molecule has 1 aromatic rings. The van der Waals surface area contributed by atoms with Crippen LogP contribution in [0.4, 0.5) is 18.9 Å². The highest BCUT2D eigenvalue weighted by molar-refractivity contribution is 9.10. The predicted molar refractivity (Wildman–Crippen MR) is 69.6 cm³/mol. The summed E-state index contributed by atoms with van der Waals surface area (Å²) < 4.78 is 38.5. The van der Waals surface area contributed by atoms with Crippen molar-refractivity contribution in [3.8, 4) is 0 Å². The summed E-state index contributed by atoms with van der Waals surface area (Å²) in [5.74, 6) is 0. The summed E-state index contributed by atoms with van der Waals surface area (Å²) in [7, 11) is 0. The van der Waals surface area contributed by atoms with E-state index in [4.69, 9.17) is 0 Å². The Morgan fingerprint density at radius 1 is 1.28 bits per heavy atom. The van der Waals surface area contributed by atoms with Gasteiger partial charge in [0, 0.05) is 16.2 Å². The maximum atomic E-state index is 12.7. The molecule has 0 saturated heterocycles. The van der Waals surface area contributed by atoms with Crippen LogP contribution in [0.1, 0.15) is 32.3 Å². The molecule has 0 radical (unpaired) electrons. The van der Waals surface area contributed by atoms with E-state index in [1.165, 1.54) is 0 Å². The second kappa shape index (κ2) is 4.44. The highest BCUT2D eigenvalue weighted by Gasteiger charge is 2.42. The van der Waals surface area contributed by atoms with Gasteiger partial charge in [-0.2, -0.15) is 13.2 Å². The Morgan fingerprint density at radius 3 is 2.39 bits per heavy atom. The molecule has 1 saturated carbocycles. The van der Waals surface area contributed by atoms with Crippen LogP contribution in [-0.4, -0.2) is 6.04 Å². The lowest BCUT2D eigenvalue weighted by Gasteiger charge is -2.22. The smallest absolute Gasteiger partial charge is 0.382 e. The molecule has 2 rings (SSSR count). The molecule has 5 heteroatoms. The molecule has 100 valence electrons. The van der Waals surface area contributed by atoms with Crippen molar-refractivity contribution in [2.24, 2.45) is 5.41 Å². The number of hydrogen-bond acceptors (Lipinski definition) is 1. The maximum absolute atomic E-state index is 12.7. The van der Waals surface area contributed by atoms with E-state index in [2.05, 4.69) is 28.2 Å². The first-order valence-corrected chi connectivity index (χ1v) is 6.64. The van der Waals surface area contributed by atoms with Gasteiger partial charge in [0.25, 0.3) is 0 Å². The number of anilines is 1. The van der Waals surface area contributed by atoms with Crippen molar-refractivity contribution >= 4 is 21.6 Å². The van der Waals surface area contributed by atoms with E-state index >= 15 is 0 Å². The number of benzene rings is 1. The zero-order chi connectivity index (χ0) is 13.6. The second-order valence-corrected chi connectivity index (χ2v) is 6.16. The van der Waals surface area contributed by atoms with Gasteiger partial charge in [-0.25, -0.2) is 0 Å². The average molecular weight is 322 g/mol. The minimum atomic E-state index is -4.31. The van der Waals surface area contributed by atoms with E-state index in [1.807, 2.05) is 6.92 Å². The van der Waals surface area contributed by atoms with Crippen LogP contribution in [0.3, 0.4) is 0 Å². The fourth-order valence-electron chi connectivity index (χ4n) is 1.89. The van der Waals surface area contributed by atoms with Gasteiger partial charge in [0.2, 0.25) is 0 Å². The van der Waals surface area contributed by atoms with E-state index in [1.54, 1.807) is 6.07 Å². The largest absolute Gasteiger partial charge is 0.416 e. The number of rotatable bonds is 3. The molecule has 0 aliphatic heterocycles. The molecule has 1 N–H and O–H groups in total. The molecule has 1 fully saturated rings. The van der Waals surface area contributed by atoms with Crippen molar-refractivity contribution < 1.29 is 13.2 Å². The van der Waals surface area contributed by atoms with Crippen molar-refractivity contribution in [3.63, 3.8) is 0 Å². The molecule has 0 aromatic heterocycles. The van der Waals surface area contributed by atoms with Gasteiger partial charge in [-0.1, -0.05) is 22.9 Å². The van der Waals surface area contributed by atoms with E-state index in [9.17, 15) is 13.2 Å². The van der Waals surface area contributed by atoms with E-state index in [-0.39, 0.29) is 11.5 Å². The molecule has 1 nitrogen and oxygen atoms in total. The van der Waals surface area contributed by atoms with Crippen molar-refractivity contribution in [3.05, 3.63) is 28.2 Å². The molecular formula is C13H15BrF3N. The Kier molecular flexibility index (Phi) is 3.38. The first-order valence-electron chi connectivity index (χ1n) is 5.85. The molecule has 18 heavy (non-hydrogen) atoms. The van der Waals surface area contributed by atoms with Crippen LogP contribution < -0.4 is 5.32 Å². The summed E-state index contributed by atoms with van der Waals surface area (Å²) in [4.78, 5) is 0. The quantitative estimate of drug-likeness (QED) is 0.819. The van der Waals surface area contributed by atoms with Gasteiger partial charge in [0.05, 0.1) is 5.56 Å². The maximum Gasteiger partial charge on any atom is 0.416 e. The summed E-state index contributed by atoms with van der Waals surface area (Å²) in [6, 6.07) is 4.10. The zero-order valence-electron chi connectivity index (χ0n) is 10.2. The lowest BCUT2D eigenvalue weighted by molar-refractivity contribution is -0.137. The molecule has 0 spiro atoms. The summed E-state index contributed by atoms with van der Waals surface area (Å²) in [5, 5.41) is 3.17. The molecular weight excluding hydrogens is 307 g/mol. The fraction of sp³-hybridized carbons (Fsp3) is 0.538. The third-order valence-corrected chi connectivity index (χ3v) is 4.15. The number of nitrogens with one attached hydrogen (secondary N) is 1. The average Bonchev–Trinajstić information content (AvgIpc) is 2.95. The monoisotopic (exact) mass is 321 g/mol. The van der Waals surface area contributed by atoms with E-state index in [0.29, 0.717) is 10.2 Å². The molecule has 1 aromatic carbocycles. The topological polar surface area (TPSA) is 12.0 Å². The Labute approximate surface area is 113 Å². The summed E-state index contributed by atoms with van der Waals surface area (Å²) in [5.41, 5.74) is 0.102. The first kappa shape index (κ1) is 13.7. The first-order chi connectivity index (χ1) is 8.21. The van der Waals surface area contributed by atoms with Crippen molar-refractivity contribution in [2.45, 2.75) is 38.9 Å². The zero-order valence-corrected chi connectivity index (χ0v) is 11.8. The third-order valence-electron chi connectivity index (χ3n) is 3.69. The van der Waals surface area contributed by atoms with Crippen molar-refractivity contribution in [1.29, 1.82) is 0 Å². The van der Waals surface area contributed by atoms with E-state index < -0.39 is 11.7 Å². The Morgan fingerprint density at radius 2 is 1.89 bits per heavy atom. The summed E-state index contributed by atoms with van der Waals surface area (Å²) in [6.45, 7) is 4.16. The van der Waals surface area contributed by atoms with Gasteiger partial charge < -0.3 is 5.32 Å². The lowest BCUT2D eigenvalue weighted by atomic mass is 10.0. The van der Waals surface area contributed by atoms with E-state index in [0.717, 1.165) is 25.0 Å². The summed E-state index contributed by atoms with van der Waals surface area (Å²) in [6.07, 6.45) is -2.06. The van der Waals surface area contributed by atoms with Gasteiger partial charge in [0.15, 0.2) is 0 Å². The van der Waals surface area contributed by atoms with Crippen LogP contribution in [0.25, 0.3) is 0 Å². The van der Waals surface area contributed by atoms with Gasteiger partial charge in [-0.15, -0.1) is 0 Å². The number of halogens is 4. The van der Waals surface area contributed by atoms with Gasteiger partial charge in [-0.3, -0.25) is 0 Å². The minimum absolute atomic E-state index is 0.174.